The molecule has 1 aromatic heterocycles. The Hall–Kier alpha value is -4.93. The number of methoxy groups -OCH3 is 1. The van der Waals surface area contributed by atoms with Gasteiger partial charge in [-0.15, -0.1) is 9.78 Å². The van der Waals surface area contributed by atoms with Crippen LogP contribution in [-0.2, 0) is 22.5 Å². The zero-order chi connectivity index (χ0) is 31.5. The second kappa shape index (κ2) is 13.0. The predicted molar refractivity (Wildman–Crippen MR) is 176 cm³/mol. The van der Waals surface area contributed by atoms with Crippen LogP contribution in [-0.4, -0.2) is 46.8 Å². The van der Waals surface area contributed by atoms with Crippen LogP contribution < -0.4 is 19.5 Å². The number of hydrogen-bond acceptors (Lipinski definition) is 6. The minimum atomic E-state index is -0.906. The van der Waals surface area contributed by atoms with Gasteiger partial charge in [-0.05, 0) is 72.7 Å². The molecular weight excluding hydrogens is 586 g/mol. The number of carboxylic acids is 1. The van der Waals surface area contributed by atoms with Gasteiger partial charge < -0.3 is 24.8 Å². The van der Waals surface area contributed by atoms with E-state index in [1.807, 2.05) is 93.9 Å². The van der Waals surface area contributed by atoms with Gasteiger partial charge in [0.25, 0.3) is 0 Å². The lowest BCUT2D eigenvalue weighted by Gasteiger charge is -2.41. The molecule has 0 bridgehead atoms. The summed E-state index contributed by atoms with van der Waals surface area (Å²) in [7, 11) is 1.56. The van der Waals surface area contributed by atoms with Crippen molar-refractivity contribution in [2.24, 2.45) is 0 Å². The van der Waals surface area contributed by atoms with E-state index in [0.717, 1.165) is 39.7 Å². The van der Waals surface area contributed by atoms with Crippen molar-refractivity contribution in [2.45, 2.75) is 39.0 Å². The van der Waals surface area contributed by atoms with Crippen LogP contribution in [0.3, 0.4) is 0 Å². The van der Waals surface area contributed by atoms with Crippen LogP contribution in [0.25, 0.3) is 11.4 Å². The number of ether oxygens (including phenoxy) is 2. The number of carbonyl (C=O) groups is 1. The lowest BCUT2D eigenvalue weighted by Crippen LogP contribution is -2.53. The van der Waals surface area contributed by atoms with Crippen LogP contribution in [0.15, 0.2) is 97.1 Å². The highest BCUT2D eigenvalue weighted by molar-refractivity contribution is 7.71. The van der Waals surface area contributed by atoms with Crippen molar-refractivity contribution >= 4 is 29.6 Å². The summed E-state index contributed by atoms with van der Waals surface area (Å²) in [6, 6.07) is 31.2. The largest absolute Gasteiger partial charge is 0.480 e. The molecule has 0 radical (unpaired) electrons. The number of fused-ring (bicyclic) bond motifs is 1. The Morgan fingerprint density at radius 2 is 1.80 bits per heavy atom. The Bertz CT molecular complexity index is 1870. The number of nitrogens with zero attached hydrogens (tertiary/aromatic N) is 3. The zero-order valence-electron chi connectivity index (χ0n) is 25.4. The fraction of sp³-hybridized carbons (Fsp3) is 0.229. The summed E-state index contributed by atoms with van der Waals surface area (Å²) in [4.78, 5) is 14.3. The van der Waals surface area contributed by atoms with Gasteiger partial charge in [0.2, 0.25) is 5.82 Å². The molecule has 4 aromatic carbocycles. The molecule has 0 saturated carbocycles. The Balaban J connectivity index is 1.18. The number of anilines is 2. The van der Waals surface area contributed by atoms with E-state index in [-0.39, 0.29) is 6.73 Å². The molecule has 2 heterocycles. The van der Waals surface area contributed by atoms with Crippen LogP contribution in [0.1, 0.15) is 22.5 Å². The third kappa shape index (κ3) is 6.33. The molecule has 0 fully saturated rings. The third-order valence-corrected chi connectivity index (χ3v) is 8.46. The zero-order valence-corrected chi connectivity index (χ0v) is 26.3. The van der Waals surface area contributed by atoms with Gasteiger partial charge in [0.05, 0.1) is 6.10 Å². The minimum Gasteiger partial charge on any atom is -0.480 e. The van der Waals surface area contributed by atoms with E-state index < -0.39 is 18.1 Å². The second-order valence-electron chi connectivity index (χ2n) is 11.2. The van der Waals surface area contributed by atoms with Gasteiger partial charge in [-0.1, -0.05) is 54.1 Å². The number of aliphatic carboxylic acids is 1. The average molecular weight is 623 g/mol. The van der Waals surface area contributed by atoms with E-state index in [9.17, 15) is 9.90 Å². The molecule has 0 spiro atoms. The van der Waals surface area contributed by atoms with Crippen molar-refractivity contribution in [2.75, 3.05) is 24.1 Å². The summed E-state index contributed by atoms with van der Waals surface area (Å²) in [5.41, 5.74) is 6.89. The summed E-state index contributed by atoms with van der Waals surface area (Å²) >= 11 is 5.69. The standard InChI is InChI=1S/C35H35N5O4S/c1-23-12-14-28(15-13-23)40-24(2)39(35(45)37-40)29-11-7-10-27(20-29)36-22-44-30-16-17-31-26(18-30)19-32(43-3)33(34(41)42)38(31)21-25-8-5-4-6-9-25/h4-18,20,32-33,36H,19,21-22H2,1-3H3,(H-,37,41,42,45)/p+1. The summed E-state index contributed by atoms with van der Waals surface area (Å²) in [6.07, 6.45) is -0.0248. The summed E-state index contributed by atoms with van der Waals surface area (Å²) in [6.45, 7) is 4.79. The first-order chi connectivity index (χ1) is 21.8. The van der Waals surface area contributed by atoms with Crippen LogP contribution in [0, 0.1) is 18.6 Å². The van der Waals surface area contributed by atoms with Crippen molar-refractivity contribution in [1.29, 1.82) is 0 Å². The molecule has 9 nitrogen and oxygen atoms in total. The Labute approximate surface area is 267 Å². The Kier molecular flexibility index (Phi) is 8.68. The summed E-state index contributed by atoms with van der Waals surface area (Å²) < 4.78 is 16.4. The molecule has 5 aromatic rings. The van der Waals surface area contributed by atoms with E-state index in [1.165, 1.54) is 5.56 Å². The number of benzene rings is 4. The second-order valence-corrected chi connectivity index (χ2v) is 11.5. The number of nitrogens with one attached hydrogen (secondary N) is 2. The molecule has 1 aliphatic rings. The molecular formula is C35H36N5O4S+. The number of aromatic nitrogens is 3. The normalized spacial score (nSPS) is 15.8. The highest BCUT2D eigenvalue weighted by atomic mass is 32.1. The molecule has 6 rings (SSSR count). The molecule has 230 valence electrons. The number of rotatable bonds is 10. The van der Waals surface area contributed by atoms with E-state index in [4.69, 9.17) is 21.7 Å². The topological polar surface area (TPSA) is 95.6 Å². The lowest BCUT2D eigenvalue weighted by molar-refractivity contribution is -0.610. The van der Waals surface area contributed by atoms with Gasteiger partial charge in [0.15, 0.2) is 12.8 Å². The Morgan fingerprint density at radius 1 is 1.02 bits per heavy atom. The quantitative estimate of drug-likeness (QED) is 0.101. The van der Waals surface area contributed by atoms with E-state index >= 15 is 0 Å². The lowest BCUT2D eigenvalue weighted by atomic mass is 9.92. The van der Waals surface area contributed by atoms with Crippen molar-refractivity contribution in [3.05, 3.63) is 124 Å². The van der Waals surface area contributed by atoms with Crippen LogP contribution in [0.5, 0.6) is 5.75 Å². The maximum atomic E-state index is 12.3. The minimum absolute atomic E-state index is 0.238. The van der Waals surface area contributed by atoms with Crippen LogP contribution >= 0.6 is 12.2 Å². The van der Waals surface area contributed by atoms with E-state index in [1.54, 1.807) is 7.11 Å². The first kappa shape index (κ1) is 30.1. The predicted octanol–water partition coefficient (Wildman–Crippen LogP) is 5.91. The number of H-pyrrole nitrogens is 1. The van der Waals surface area contributed by atoms with Gasteiger partial charge in [0.1, 0.15) is 17.1 Å². The Morgan fingerprint density at radius 3 is 2.53 bits per heavy atom. The highest BCUT2D eigenvalue weighted by Gasteiger charge is 2.39. The SMILES string of the molecule is COC1Cc2cc(OCNc3cccc(-[n+]4c(C)n(-c5ccc(C)cc5)[nH]c4=S)c3)ccc2N(Cc2ccccc2)C1C(=O)O. The molecule has 10 heteroatoms. The fourth-order valence-corrected chi connectivity index (χ4v) is 6.25. The highest BCUT2D eigenvalue weighted by Crippen LogP contribution is 2.36. The van der Waals surface area contributed by atoms with Gasteiger partial charge in [-0.25, -0.2) is 4.79 Å². The number of aryl methyl sites for hydroxylation is 1. The molecule has 0 aliphatic carbocycles. The molecule has 45 heavy (non-hydrogen) atoms. The van der Waals surface area contributed by atoms with E-state index in [0.29, 0.717) is 23.5 Å². The monoisotopic (exact) mass is 622 g/mol. The average Bonchev–Trinajstić information content (AvgIpc) is 3.34. The van der Waals surface area contributed by atoms with Crippen LogP contribution in [0.4, 0.5) is 11.4 Å². The first-order valence-corrected chi connectivity index (χ1v) is 15.2. The van der Waals surface area contributed by atoms with Crippen molar-refractivity contribution < 1.29 is 23.9 Å². The van der Waals surface area contributed by atoms with Crippen LogP contribution in [0.2, 0.25) is 0 Å². The first-order valence-electron chi connectivity index (χ1n) is 14.8. The maximum absolute atomic E-state index is 12.3. The van der Waals surface area contributed by atoms with Gasteiger partial charge in [-0.3, -0.25) is 0 Å². The number of hydrogen-bond donors (Lipinski definition) is 3. The molecule has 0 amide bonds. The molecule has 0 saturated heterocycles. The van der Waals surface area contributed by atoms with Crippen molar-refractivity contribution in [3.8, 4) is 17.1 Å². The number of aromatic amines is 1. The summed E-state index contributed by atoms with van der Waals surface area (Å²) in [5, 5.41) is 16.8. The maximum Gasteiger partial charge on any atom is 0.329 e. The van der Waals surface area contributed by atoms with Gasteiger partial charge >= 0.3 is 10.7 Å². The van der Waals surface area contributed by atoms with Crippen molar-refractivity contribution in [1.82, 2.24) is 9.78 Å². The molecule has 2 unspecified atom stereocenters. The fourth-order valence-electron chi connectivity index (χ4n) is 5.92. The summed E-state index contributed by atoms with van der Waals surface area (Å²) in [5.74, 6) is 0.729. The molecule has 2 atom stereocenters. The van der Waals surface area contributed by atoms with Gasteiger partial charge in [0, 0.05) is 44.4 Å². The van der Waals surface area contributed by atoms with E-state index in [2.05, 4.69) is 41.6 Å². The smallest absolute Gasteiger partial charge is 0.329 e. The number of carboxylic acid groups (broad SMARTS) is 1. The third-order valence-electron chi connectivity index (χ3n) is 8.19. The van der Waals surface area contributed by atoms with Crippen molar-refractivity contribution in [3.63, 3.8) is 0 Å². The molecule has 1 aliphatic heterocycles. The molecule has 3 N–H and O–H groups in total. The van der Waals surface area contributed by atoms with Gasteiger partial charge in [-0.2, -0.15) is 4.57 Å².